The Bertz CT molecular complexity index is 873. The summed E-state index contributed by atoms with van der Waals surface area (Å²) in [6, 6.07) is 15.6. The monoisotopic (exact) mass is 553 g/mol. The van der Waals surface area contributed by atoms with E-state index in [4.69, 9.17) is 4.74 Å². The minimum atomic E-state index is -0.0617. The second-order valence-electron chi connectivity index (χ2n) is 7.76. The number of halogens is 1. The van der Waals surface area contributed by atoms with Gasteiger partial charge in [0.05, 0.1) is 6.54 Å². The van der Waals surface area contributed by atoms with Crippen LogP contribution in [0.4, 0.5) is 0 Å². The number of hydrogen-bond donors (Lipinski definition) is 3. The fraction of sp³-hybridized carbons (Fsp3) is 0.417. The van der Waals surface area contributed by atoms with Gasteiger partial charge in [0.15, 0.2) is 5.96 Å². The second-order valence-corrected chi connectivity index (χ2v) is 7.76. The Morgan fingerprint density at radius 3 is 2.53 bits per heavy atom. The van der Waals surface area contributed by atoms with Crippen LogP contribution >= 0.6 is 24.0 Å². The van der Waals surface area contributed by atoms with E-state index in [1.165, 1.54) is 0 Å². The number of benzene rings is 2. The molecule has 0 radical (unpaired) electrons. The fourth-order valence-corrected chi connectivity index (χ4v) is 2.91. The summed E-state index contributed by atoms with van der Waals surface area (Å²) < 4.78 is 6.00. The summed E-state index contributed by atoms with van der Waals surface area (Å²) in [6.07, 6.45) is -0.0196. The van der Waals surface area contributed by atoms with Gasteiger partial charge in [-0.05, 0) is 57.3 Å². The predicted molar refractivity (Wildman–Crippen MR) is 142 cm³/mol. The van der Waals surface area contributed by atoms with E-state index < -0.39 is 0 Å². The average molecular weight is 553 g/mol. The van der Waals surface area contributed by atoms with E-state index >= 15 is 0 Å². The SMILES string of the molecule is CN=C(NCc1cccc(C(=O)NCCN(C)C)c1)NCC(C)Oc1ccccc1C.I. The molecule has 7 nitrogen and oxygen atoms in total. The van der Waals surface area contributed by atoms with Crippen molar-refractivity contribution in [3.8, 4) is 5.75 Å². The molecule has 0 spiro atoms. The number of guanidine groups is 1. The highest BCUT2D eigenvalue weighted by Crippen LogP contribution is 2.17. The zero-order valence-corrected chi connectivity index (χ0v) is 22.0. The van der Waals surface area contributed by atoms with Gasteiger partial charge in [-0.3, -0.25) is 9.79 Å². The summed E-state index contributed by atoms with van der Waals surface area (Å²) in [6.45, 7) is 6.65. The summed E-state index contributed by atoms with van der Waals surface area (Å²) >= 11 is 0. The van der Waals surface area contributed by atoms with Crippen molar-refractivity contribution < 1.29 is 9.53 Å². The van der Waals surface area contributed by atoms with Gasteiger partial charge in [-0.2, -0.15) is 0 Å². The third-order valence-electron chi connectivity index (χ3n) is 4.70. The average Bonchev–Trinajstić information content (AvgIpc) is 2.75. The van der Waals surface area contributed by atoms with Gasteiger partial charge in [0, 0.05) is 32.2 Å². The van der Waals surface area contributed by atoms with Crippen molar-refractivity contribution in [3.63, 3.8) is 0 Å². The second kappa shape index (κ2) is 14.7. The van der Waals surface area contributed by atoms with Crippen LogP contribution in [0.25, 0.3) is 0 Å². The Kier molecular flexibility index (Phi) is 12.7. The molecule has 32 heavy (non-hydrogen) atoms. The Morgan fingerprint density at radius 2 is 1.84 bits per heavy atom. The van der Waals surface area contributed by atoms with Crippen molar-refractivity contribution >= 4 is 35.8 Å². The van der Waals surface area contributed by atoms with E-state index in [1.807, 2.05) is 81.4 Å². The quantitative estimate of drug-likeness (QED) is 0.240. The molecule has 2 rings (SSSR count). The van der Waals surface area contributed by atoms with Crippen molar-refractivity contribution in [1.82, 2.24) is 20.9 Å². The van der Waals surface area contributed by atoms with Gasteiger partial charge in [0.25, 0.3) is 5.91 Å². The lowest BCUT2D eigenvalue weighted by molar-refractivity contribution is 0.0951. The molecule has 0 fully saturated rings. The van der Waals surface area contributed by atoms with Crippen molar-refractivity contribution in [2.75, 3.05) is 40.8 Å². The Morgan fingerprint density at radius 1 is 1.09 bits per heavy atom. The molecule has 0 bridgehead atoms. The number of nitrogens with one attached hydrogen (secondary N) is 3. The molecule has 0 aliphatic rings. The lowest BCUT2D eigenvalue weighted by Gasteiger charge is -2.19. The molecule has 2 aromatic rings. The maximum absolute atomic E-state index is 12.3. The number of carbonyl (C=O) groups is 1. The number of nitrogens with zero attached hydrogens (tertiary/aromatic N) is 2. The van der Waals surface area contributed by atoms with E-state index in [0.717, 1.165) is 23.4 Å². The molecule has 2 aromatic carbocycles. The van der Waals surface area contributed by atoms with Crippen LogP contribution in [0.3, 0.4) is 0 Å². The van der Waals surface area contributed by atoms with Crippen LogP contribution in [0, 0.1) is 6.92 Å². The maximum Gasteiger partial charge on any atom is 0.251 e. The van der Waals surface area contributed by atoms with Crippen molar-refractivity contribution in [2.24, 2.45) is 4.99 Å². The minimum absolute atomic E-state index is 0. The van der Waals surface area contributed by atoms with Crippen molar-refractivity contribution in [3.05, 3.63) is 65.2 Å². The third-order valence-corrected chi connectivity index (χ3v) is 4.70. The summed E-state index contributed by atoms with van der Waals surface area (Å²) in [4.78, 5) is 18.6. The van der Waals surface area contributed by atoms with Crippen LogP contribution in [-0.2, 0) is 6.54 Å². The standard InChI is InChI=1S/C24H35N5O2.HI/c1-18-9-6-7-12-22(18)31-19(2)16-27-24(25-3)28-17-20-10-8-11-21(15-20)23(30)26-13-14-29(4)5;/h6-12,15,19H,13-14,16-17H2,1-5H3,(H,26,30)(H2,25,27,28);1H. The summed E-state index contributed by atoms with van der Waals surface area (Å²) in [5, 5.41) is 9.51. The Balaban J connectivity index is 0.00000512. The molecule has 8 heteroatoms. The number of aliphatic imine (C=N–C) groups is 1. The molecule has 0 aliphatic heterocycles. The summed E-state index contributed by atoms with van der Waals surface area (Å²) in [5.41, 5.74) is 2.77. The van der Waals surface area contributed by atoms with Gasteiger partial charge >= 0.3 is 0 Å². The molecule has 0 saturated heterocycles. The van der Waals surface area contributed by atoms with Crippen molar-refractivity contribution in [2.45, 2.75) is 26.5 Å². The highest BCUT2D eigenvalue weighted by atomic mass is 127. The van der Waals surface area contributed by atoms with Crippen LogP contribution in [0.15, 0.2) is 53.5 Å². The van der Waals surface area contributed by atoms with Gasteiger partial charge in [0.1, 0.15) is 11.9 Å². The third kappa shape index (κ3) is 9.86. The highest BCUT2D eigenvalue weighted by molar-refractivity contribution is 14.0. The molecule has 3 N–H and O–H groups in total. The number of amides is 1. The molecule has 176 valence electrons. The van der Waals surface area contributed by atoms with Gasteiger partial charge in [-0.15, -0.1) is 24.0 Å². The molecule has 0 heterocycles. The van der Waals surface area contributed by atoms with E-state index in [2.05, 4.69) is 20.9 Å². The first-order valence-electron chi connectivity index (χ1n) is 10.6. The molecule has 1 atom stereocenters. The van der Waals surface area contributed by atoms with Gasteiger partial charge < -0.3 is 25.6 Å². The first-order chi connectivity index (χ1) is 14.9. The minimum Gasteiger partial charge on any atom is -0.489 e. The normalized spacial score (nSPS) is 12.0. The zero-order valence-electron chi connectivity index (χ0n) is 19.6. The molecular formula is C24H36IN5O2. The first kappa shape index (κ1) is 27.7. The molecular weight excluding hydrogens is 517 g/mol. The maximum atomic E-state index is 12.3. The molecule has 0 saturated carbocycles. The highest BCUT2D eigenvalue weighted by Gasteiger charge is 2.09. The predicted octanol–water partition coefficient (Wildman–Crippen LogP) is 3.04. The first-order valence-corrected chi connectivity index (χ1v) is 10.6. The van der Waals surface area contributed by atoms with Crippen LogP contribution < -0.4 is 20.7 Å². The lowest BCUT2D eigenvalue weighted by Crippen LogP contribution is -2.41. The topological polar surface area (TPSA) is 78.0 Å². The van der Waals surface area contributed by atoms with Crippen LogP contribution in [-0.4, -0.2) is 63.6 Å². The Hall–Kier alpha value is -2.33. The molecule has 1 unspecified atom stereocenters. The van der Waals surface area contributed by atoms with E-state index in [0.29, 0.717) is 31.2 Å². The van der Waals surface area contributed by atoms with E-state index in [-0.39, 0.29) is 36.0 Å². The molecule has 0 aliphatic carbocycles. The van der Waals surface area contributed by atoms with E-state index in [1.54, 1.807) is 7.05 Å². The smallest absolute Gasteiger partial charge is 0.251 e. The summed E-state index contributed by atoms with van der Waals surface area (Å²) in [7, 11) is 5.70. The number of ether oxygens (including phenoxy) is 1. The summed E-state index contributed by atoms with van der Waals surface area (Å²) in [5.74, 6) is 1.51. The number of para-hydroxylation sites is 1. The van der Waals surface area contributed by atoms with Crippen LogP contribution in [0.1, 0.15) is 28.4 Å². The number of likely N-dealkylation sites (N-methyl/N-ethyl adjacent to an activating group) is 1. The zero-order chi connectivity index (χ0) is 22.6. The lowest BCUT2D eigenvalue weighted by atomic mass is 10.1. The fourth-order valence-electron chi connectivity index (χ4n) is 2.91. The Labute approximate surface area is 209 Å². The van der Waals surface area contributed by atoms with Gasteiger partial charge in [-0.1, -0.05) is 30.3 Å². The van der Waals surface area contributed by atoms with Gasteiger partial charge in [-0.25, -0.2) is 0 Å². The number of carbonyl (C=O) groups excluding carboxylic acids is 1. The number of rotatable bonds is 10. The molecule has 0 aromatic heterocycles. The molecule has 1 amide bonds. The number of hydrogen-bond acceptors (Lipinski definition) is 4. The number of aryl methyl sites for hydroxylation is 1. The largest absolute Gasteiger partial charge is 0.489 e. The van der Waals surface area contributed by atoms with Crippen molar-refractivity contribution in [1.29, 1.82) is 0 Å². The van der Waals surface area contributed by atoms with Crippen LogP contribution in [0.5, 0.6) is 5.75 Å². The van der Waals surface area contributed by atoms with Gasteiger partial charge in [0.2, 0.25) is 0 Å². The van der Waals surface area contributed by atoms with E-state index in [9.17, 15) is 4.79 Å². The van der Waals surface area contributed by atoms with Crippen LogP contribution in [0.2, 0.25) is 0 Å².